The highest BCUT2D eigenvalue weighted by atomic mass is 16.7. The molecule has 2 aliphatic rings. The molecule has 3 rings (SSSR count). The van der Waals surface area contributed by atoms with Gasteiger partial charge in [-0.15, -0.1) is 0 Å². The van der Waals surface area contributed by atoms with Gasteiger partial charge in [0.25, 0.3) is 0 Å². The number of aromatic nitrogens is 1. The van der Waals surface area contributed by atoms with Crippen LogP contribution in [0.1, 0.15) is 39.0 Å². The van der Waals surface area contributed by atoms with Crippen molar-refractivity contribution in [3.05, 3.63) is 23.5 Å². The highest BCUT2D eigenvalue weighted by molar-refractivity contribution is 6.62. The fourth-order valence-electron chi connectivity index (χ4n) is 3.04. The first-order valence-corrected chi connectivity index (χ1v) is 7.65. The van der Waals surface area contributed by atoms with E-state index in [0.717, 1.165) is 16.7 Å². The molecule has 1 fully saturated rings. The molecule has 0 N–H and O–H groups in total. The number of hydrogen-bond donors (Lipinski definition) is 0. The van der Waals surface area contributed by atoms with Crippen molar-refractivity contribution in [3.63, 3.8) is 0 Å². The Balaban J connectivity index is 1.90. The van der Waals surface area contributed by atoms with Crippen LogP contribution in [-0.4, -0.2) is 36.4 Å². The van der Waals surface area contributed by atoms with Crippen molar-refractivity contribution < 1.29 is 18.8 Å². The van der Waals surface area contributed by atoms with Crippen LogP contribution >= 0.6 is 0 Å². The van der Waals surface area contributed by atoms with Crippen molar-refractivity contribution >= 4 is 18.6 Å². The zero-order valence-electron chi connectivity index (χ0n) is 13.8. The number of nitrogens with zero attached hydrogens (tertiary/aromatic N) is 1. The van der Waals surface area contributed by atoms with Gasteiger partial charge in [0.1, 0.15) is 0 Å². The summed E-state index contributed by atoms with van der Waals surface area (Å²) in [6.45, 7) is 8.13. The Bertz CT molecular complexity index is 598. The van der Waals surface area contributed by atoms with Crippen LogP contribution in [0.5, 0.6) is 0 Å². The number of rotatable bonds is 2. The van der Waals surface area contributed by atoms with Gasteiger partial charge in [-0.1, -0.05) is 0 Å². The van der Waals surface area contributed by atoms with Gasteiger partial charge < -0.3 is 14.0 Å². The fraction of sp³-hybridized carbons (Fsp3) is 0.625. The summed E-state index contributed by atoms with van der Waals surface area (Å²) in [4.78, 5) is 16.2. The van der Waals surface area contributed by atoms with E-state index in [4.69, 9.17) is 14.0 Å². The summed E-state index contributed by atoms with van der Waals surface area (Å²) >= 11 is 0. The summed E-state index contributed by atoms with van der Waals surface area (Å²) in [5, 5.41) is 0. The van der Waals surface area contributed by atoms with Crippen LogP contribution in [0.4, 0.5) is 0 Å². The number of carbonyl (C=O) groups is 1. The second kappa shape index (κ2) is 5.06. The Morgan fingerprint density at radius 3 is 2.50 bits per heavy atom. The summed E-state index contributed by atoms with van der Waals surface area (Å²) in [7, 11) is 1.01. The first kappa shape index (κ1) is 15.5. The van der Waals surface area contributed by atoms with Gasteiger partial charge in [0.2, 0.25) is 0 Å². The molecule has 1 aliphatic heterocycles. The molecule has 0 aromatic carbocycles. The van der Waals surface area contributed by atoms with Gasteiger partial charge in [-0.25, -0.2) is 0 Å². The van der Waals surface area contributed by atoms with E-state index in [2.05, 4.69) is 4.98 Å². The monoisotopic (exact) mass is 303 g/mol. The molecule has 1 aliphatic carbocycles. The molecule has 2 heterocycles. The second-order valence-electron chi connectivity index (χ2n) is 7.04. The number of esters is 1. The minimum atomic E-state index is -0.418. The molecule has 1 aromatic rings. The van der Waals surface area contributed by atoms with Crippen LogP contribution in [0.15, 0.2) is 12.3 Å². The Labute approximate surface area is 131 Å². The van der Waals surface area contributed by atoms with Gasteiger partial charge in [-0.05, 0) is 51.2 Å². The molecule has 1 saturated heterocycles. The van der Waals surface area contributed by atoms with Gasteiger partial charge in [-0.2, -0.15) is 0 Å². The number of carbonyl (C=O) groups excluding carboxylic acids is 1. The third-order valence-electron chi connectivity index (χ3n) is 5.11. The number of ether oxygens (including phenoxy) is 1. The third kappa shape index (κ3) is 2.34. The smallest absolute Gasteiger partial charge is 0.469 e. The Hall–Kier alpha value is -1.40. The number of methoxy groups -OCH3 is 1. The average Bonchev–Trinajstić information content (AvgIpc) is 2.96. The minimum Gasteiger partial charge on any atom is -0.469 e. The van der Waals surface area contributed by atoms with Crippen LogP contribution in [0.3, 0.4) is 0 Å². The molecule has 0 radical (unpaired) electrons. The summed E-state index contributed by atoms with van der Waals surface area (Å²) in [5.41, 5.74) is 2.23. The van der Waals surface area contributed by atoms with Gasteiger partial charge in [0.05, 0.1) is 24.2 Å². The third-order valence-corrected chi connectivity index (χ3v) is 5.11. The topological polar surface area (TPSA) is 57.7 Å². The maximum absolute atomic E-state index is 11.8. The van der Waals surface area contributed by atoms with E-state index in [9.17, 15) is 4.79 Å². The lowest BCUT2D eigenvalue weighted by molar-refractivity contribution is -0.145. The van der Waals surface area contributed by atoms with Crippen molar-refractivity contribution in [2.45, 2.75) is 51.7 Å². The zero-order chi connectivity index (χ0) is 16.1. The summed E-state index contributed by atoms with van der Waals surface area (Å²) in [6, 6.07) is 1.93. The predicted octanol–water partition coefficient (Wildman–Crippen LogP) is 1.27. The molecular formula is C16H22BNO4. The molecule has 6 heteroatoms. The van der Waals surface area contributed by atoms with Gasteiger partial charge in [0, 0.05) is 18.3 Å². The summed E-state index contributed by atoms with van der Waals surface area (Å²) < 4.78 is 17.1. The SMILES string of the molecule is COC(=O)C1Cc2nccc(B3OC(C)(C)C(C)(C)O3)c2C1. The lowest BCUT2D eigenvalue weighted by atomic mass is 9.76. The van der Waals surface area contributed by atoms with Crippen LogP contribution in [0.2, 0.25) is 0 Å². The molecule has 5 nitrogen and oxygen atoms in total. The van der Waals surface area contributed by atoms with Crippen molar-refractivity contribution in [3.8, 4) is 0 Å². The van der Waals surface area contributed by atoms with E-state index in [-0.39, 0.29) is 23.1 Å². The quantitative estimate of drug-likeness (QED) is 0.608. The fourth-order valence-corrected chi connectivity index (χ4v) is 3.04. The maximum atomic E-state index is 11.8. The number of pyridine rings is 1. The predicted molar refractivity (Wildman–Crippen MR) is 82.9 cm³/mol. The van der Waals surface area contributed by atoms with Gasteiger partial charge in [-0.3, -0.25) is 9.78 Å². The van der Waals surface area contributed by atoms with Crippen molar-refractivity contribution in [2.75, 3.05) is 7.11 Å². The van der Waals surface area contributed by atoms with Crippen LogP contribution in [-0.2, 0) is 31.7 Å². The lowest BCUT2D eigenvalue weighted by Gasteiger charge is -2.32. The Morgan fingerprint density at radius 1 is 1.27 bits per heavy atom. The minimum absolute atomic E-state index is 0.156. The maximum Gasteiger partial charge on any atom is 0.495 e. The number of hydrogen-bond acceptors (Lipinski definition) is 5. The summed E-state index contributed by atoms with van der Waals surface area (Å²) in [5.74, 6) is -0.339. The molecule has 0 amide bonds. The molecule has 1 aromatic heterocycles. The molecule has 118 valence electrons. The molecule has 0 saturated carbocycles. The van der Waals surface area contributed by atoms with E-state index in [1.807, 2.05) is 33.8 Å². The van der Waals surface area contributed by atoms with E-state index in [0.29, 0.717) is 12.8 Å². The molecule has 1 unspecified atom stereocenters. The van der Waals surface area contributed by atoms with E-state index in [1.54, 1.807) is 6.20 Å². The van der Waals surface area contributed by atoms with Crippen molar-refractivity contribution in [1.82, 2.24) is 4.98 Å². The molecular weight excluding hydrogens is 281 g/mol. The highest BCUT2D eigenvalue weighted by Gasteiger charge is 2.52. The van der Waals surface area contributed by atoms with Crippen LogP contribution in [0.25, 0.3) is 0 Å². The molecule has 0 spiro atoms. The standard InChI is InChI=1S/C16H22BNO4/c1-15(2)16(3,4)22-17(21-15)12-6-7-18-13-9-10(8-11(12)13)14(19)20-5/h6-7,10H,8-9H2,1-5H3. The van der Waals surface area contributed by atoms with Crippen molar-refractivity contribution in [2.24, 2.45) is 5.92 Å². The van der Waals surface area contributed by atoms with E-state index >= 15 is 0 Å². The lowest BCUT2D eigenvalue weighted by Crippen LogP contribution is -2.41. The summed E-state index contributed by atoms with van der Waals surface area (Å²) in [6.07, 6.45) is 3.02. The molecule has 1 atom stereocenters. The average molecular weight is 303 g/mol. The molecule has 22 heavy (non-hydrogen) atoms. The van der Waals surface area contributed by atoms with Crippen LogP contribution in [0, 0.1) is 5.92 Å². The largest absolute Gasteiger partial charge is 0.495 e. The number of fused-ring (bicyclic) bond motifs is 1. The highest BCUT2D eigenvalue weighted by Crippen LogP contribution is 2.37. The first-order chi connectivity index (χ1) is 10.2. The van der Waals surface area contributed by atoms with E-state index in [1.165, 1.54) is 7.11 Å². The zero-order valence-corrected chi connectivity index (χ0v) is 13.8. The molecule has 0 bridgehead atoms. The van der Waals surface area contributed by atoms with Crippen molar-refractivity contribution in [1.29, 1.82) is 0 Å². The van der Waals surface area contributed by atoms with Gasteiger partial charge in [0.15, 0.2) is 0 Å². The van der Waals surface area contributed by atoms with Crippen LogP contribution < -0.4 is 5.46 Å². The Morgan fingerprint density at radius 2 is 1.91 bits per heavy atom. The van der Waals surface area contributed by atoms with Gasteiger partial charge >= 0.3 is 13.1 Å². The Kier molecular flexibility index (Phi) is 3.57. The second-order valence-corrected chi connectivity index (χ2v) is 7.04. The van der Waals surface area contributed by atoms with E-state index < -0.39 is 7.12 Å². The first-order valence-electron chi connectivity index (χ1n) is 7.65. The normalized spacial score (nSPS) is 25.1.